The van der Waals surface area contributed by atoms with E-state index in [-0.39, 0.29) is 5.75 Å². The van der Waals surface area contributed by atoms with Gasteiger partial charge in [0, 0.05) is 11.1 Å². The second kappa shape index (κ2) is 8.91. The predicted octanol–water partition coefficient (Wildman–Crippen LogP) is 2.14. The third-order valence-corrected chi connectivity index (χ3v) is 5.08. The molecule has 27 heavy (non-hydrogen) atoms. The fourth-order valence-corrected chi connectivity index (χ4v) is 3.48. The van der Waals surface area contributed by atoms with Crippen LogP contribution >= 0.6 is 0 Å². The smallest absolute Gasteiger partial charge is 0.166 e. The molecule has 3 rings (SSSR count). The molecule has 0 aromatic heterocycles. The number of ether oxygens (including phenoxy) is 1. The normalized spacial score (nSPS) is 15.4. The number of aromatic hydroxyl groups is 1. The molecule has 0 aliphatic carbocycles. The lowest BCUT2D eigenvalue weighted by Gasteiger charge is -2.30. The number of rotatable bonds is 6. The Morgan fingerprint density at radius 2 is 1.96 bits per heavy atom. The molecule has 2 N–H and O–H groups in total. The predicted molar refractivity (Wildman–Crippen MR) is 109 cm³/mol. The Bertz CT molecular complexity index is 796. The second-order valence-corrected chi connectivity index (χ2v) is 7.18. The van der Waals surface area contributed by atoms with Gasteiger partial charge in [0.1, 0.15) is 6.54 Å². The number of phenolic OH excluding ortho intramolecular Hbond substituents is 1. The lowest BCUT2D eigenvalue weighted by Crippen LogP contribution is -3.13. The van der Waals surface area contributed by atoms with Crippen LogP contribution in [0.1, 0.15) is 29.2 Å². The molecule has 1 saturated heterocycles. The van der Waals surface area contributed by atoms with E-state index in [0.29, 0.717) is 17.9 Å². The molecule has 1 aliphatic rings. The first-order valence-corrected chi connectivity index (χ1v) is 9.70. The summed E-state index contributed by atoms with van der Waals surface area (Å²) in [5.74, 6) is 0.659. The first-order chi connectivity index (χ1) is 13.1. The Morgan fingerprint density at radius 1 is 1.19 bits per heavy atom. The molecule has 0 radical (unpaired) electrons. The second-order valence-electron chi connectivity index (χ2n) is 7.18. The van der Waals surface area contributed by atoms with Crippen LogP contribution in [0.15, 0.2) is 41.5 Å². The Hall–Kier alpha value is -2.53. The minimum atomic E-state index is 0.155. The van der Waals surface area contributed by atoms with Crippen LogP contribution < -0.4 is 9.64 Å². The van der Waals surface area contributed by atoms with Gasteiger partial charge in [0.2, 0.25) is 0 Å². The van der Waals surface area contributed by atoms with E-state index in [2.05, 4.69) is 42.2 Å². The largest absolute Gasteiger partial charge is 0.504 e. The van der Waals surface area contributed by atoms with Crippen LogP contribution in [0.5, 0.6) is 11.5 Å². The average Bonchev–Trinajstić information content (AvgIpc) is 2.66. The highest BCUT2D eigenvalue weighted by Crippen LogP contribution is 2.28. The summed E-state index contributed by atoms with van der Waals surface area (Å²) in [5.41, 5.74) is 4.82. The van der Waals surface area contributed by atoms with Gasteiger partial charge in [0.25, 0.3) is 0 Å². The summed E-state index contributed by atoms with van der Waals surface area (Å²) < 4.78 is 5.43. The van der Waals surface area contributed by atoms with E-state index in [0.717, 1.165) is 32.7 Å². The molecular formula is C22H30N3O2+. The zero-order valence-electron chi connectivity index (χ0n) is 16.5. The first-order valence-electron chi connectivity index (χ1n) is 9.70. The first kappa shape index (κ1) is 19.2. The van der Waals surface area contributed by atoms with Gasteiger partial charge in [-0.3, -0.25) is 5.01 Å². The number of hydrogen-bond donors (Lipinski definition) is 2. The molecule has 0 spiro atoms. The molecule has 5 nitrogen and oxygen atoms in total. The fourth-order valence-electron chi connectivity index (χ4n) is 3.48. The topological polar surface area (TPSA) is 49.5 Å². The maximum absolute atomic E-state index is 10.3. The molecule has 1 fully saturated rings. The number of nitrogens with one attached hydrogen (secondary N) is 1. The molecule has 0 saturated carbocycles. The zero-order chi connectivity index (χ0) is 19.2. The maximum Gasteiger partial charge on any atom is 0.166 e. The standard InChI is InChI=1S/C22H29N3O2/c1-4-27-21-7-5-6-19(22(21)26)15-23-25-12-10-24(11-13-25)16-20-9-8-17(2)14-18(20)3/h5-9,14-15,26H,4,10-13,16H2,1-3H3/p+1. The van der Waals surface area contributed by atoms with E-state index in [1.165, 1.54) is 16.7 Å². The van der Waals surface area contributed by atoms with Gasteiger partial charge in [0.15, 0.2) is 11.5 Å². The minimum absolute atomic E-state index is 0.155. The van der Waals surface area contributed by atoms with Crippen LogP contribution in [-0.4, -0.2) is 49.1 Å². The zero-order valence-corrected chi connectivity index (χ0v) is 16.5. The van der Waals surface area contributed by atoms with Crippen LogP contribution in [0, 0.1) is 13.8 Å². The molecule has 2 aromatic carbocycles. The van der Waals surface area contributed by atoms with Gasteiger partial charge in [-0.2, -0.15) is 5.10 Å². The number of aryl methyl sites for hydroxylation is 2. The summed E-state index contributed by atoms with van der Waals surface area (Å²) in [6.45, 7) is 11.8. The summed E-state index contributed by atoms with van der Waals surface area (Å²) in [7, 11) is 0. The van der Waals surface area contributed by atoms with Crippen LogP contribution in [-0.2, 0) is 6.54 Å². The summed E-state index contributed by atoms with van der Waals surface area (Å²) in [6, 6.07) is 12.2. The number of nitrogens with zero attached hydrogens (tertiary/aromatic N) is 2. The van der Waals surface area contributed by atoms with Crippen molar-refractivity contribution in [2.45, 2.75) is 27.3 Å². The molecule has 1 heterocycles. The van der Waals surface area contributed by atoms with Crippen molar-refractivity contribution in [1.82, 2.24) is 5.01 Å². The fraction of sp³-hybridized carbons (Fsp3) is 0.409. The van der Waals surface area contributed by atoms with Gasteiger partial charge in [0.05, 0.1) is 39.0 Å². The van der Waals surface area contributed by atoms with Crippen molar-refractivity contribution >= 4 is 6.21 Å². The number of para-hydroxylation sites is 1. The Morgan fingerprint density at radius 3 is 2.67 bits per heavy atom. The SMILES string of the molecule is CCOc1cccc(C=NN2CC[NH+](Cc3ccc(C)cc3C)CC2)c1O. The summed E-state index contributed by atoms with van der Waals surface area (Å²) >= 11 is 0. The van der Waals surface area contributed by atoms with Gasteiger partial charge in [-0.25, -0.2) is 0 Å². The summed E-state index contributed by atoms with van der Waals surface area (Å²) in [5, 5.41) is 16.9. The monoisotopic (exact) mass is 368 g/mol. The van der Waals surface area contributed by atoms with Gasteiger partial charge >= 0.3 is 0 Å². The molecule has 5 heteroatoms. The number of hydrazone groups is 1. The molecular weight excluding hydrogens is 338 g/mol. The van der Waals surface area contributed by atoms with E-state index in [1.54, 1.807) is 17.2 Å². The average molecular weight is 369 g/mol. The summed E-state index contributed by atoms with van der Waals surface area (Å²) in [6.07, 6.45) is 1.73. The number of hydrogen-bond acceptors (Lipinski definition) is 4. The van der Waals surface area contributed by atoms with Gasteiger partial charge in [-0.05, 0) is 38.5 Å². The Labute approximate surface area is 161 Å². The van der Waals surface area contributed by atoms with E-state index in [9.17, 15) is 5.11 Å². The van der Waals surface area contributed by atoms with Crippen molar-refractivity contribution in [3.8, 4) is 11.5 Å². The van der Waals surface area contributed by atoms with Crippen molar-refractivity contribution in [3.63, 3.8) is 0 Å². The van der Waals surface area contributed by atoms with E-state index in [1.807, 2.05) is 19.1 Å². The highest BCUT2D eigenvalue weighted by molar-refractivity contribution is 5.84. The Balaban J connectivity index is 1.55. The molecule has 2 aromatic rings. The lowest BCUT2D eigenvalue weighted by atomic mass is 10.1. The molecule has 144 valence electrons. The number of piperazine rings is 1. The number of phenols is 1. The van der Waals surface area contributed by atoms with Gasteiger partial charge < -0.3 is 14.7 Å². The van der Waals surface area contributed by atoms with E-state index in [4.69, 9.17) is 4.74 Å². The van der Waals surface area contributed by atoms with Gasteiger partial charge in [-0.15, -0.1) is 0 Å². The van der Waals surface area contributed by atoms with Crippen molar-refractivity contribution in [2.24, 2.45) is 5.10 Å². The summed E-state index contributed by atoms with van der Waals surface area (Å²) in [4.78, 5) is 1.59. The van der Waals surface area contributed by atoms with Crippen LogP contribution in [0.3, 0.4) is 0 Å². The quantitative estimate of drug-likeness (QED) is 0.768. The molecule has 0 bridgehead atoms. The minimum Gasteiger partial charge on any atom is -0.504 e. The van der Waals surface area contributed by atoms with Crippen molar-refractivity contribution in [1.29, 1.82) is 0 Å². The highest BCUT2D eigenvalue weighted by Gasteiger charge is 2.19. The number of benzene rings is 2. The molecule has 0 amide bonds. The lowest BCUT2D eigenvalue weighted by molar-refractivity contribution is -0.918. The van der Waals surface area contributed by atoms with Crippen LogP contribution in [0.2, 0.25) is 0 Å². The third-order valence-electron chi connectivity index (χ3n) is 5.08. The number of quaternary nitrogens is 1. The molecule has 1 aliphatic heterocycles. The third kappa shape index (κ3) is 5.01. The highest BCUT2D eigenvalue weighted by atomic mass is 16.5. The van der Waals surface area contributed by atoms with E-state index >= 15 is 0 Å². The van der Waals surface area contributed by atoms with E-state index < -0.39 is 0 Å². The van der Waals surface area contributed by atoms with Crippen LogP contribution in [0.25, 0.3) is 0 Å². The molecule has 0 atom stereocenters. The van der Waals surface area contributed by atoms with Crippen molar-refractivity contribution < 1.29 is 14.7 Å². The van der Waals surface area contributed by atoms with Crippen molar-refractivity contribution in [3.05, 3.63) is 58.7 Å². The molecule has 0 unspecified atom stereocenters. The Kier molecular flexibility index (Phi) is 6.35. The van der Waals surface area contributed by atoms with Crippen molar-refractivity contribution in [2.75, 3.05) is 32.8 Å². The maximum atomic E-state index is 10.3. The van der Waals surface area contributed by atoms with Gasteiger partial charge in [-0.1, -0.05) is 29.8 Å². The van der Waals surface area contributed by atoms with Crippen LogP contribution in [0.4, 0.5) is 0 Å².